The van der Waals surface area contributed by atoms with Gasteiger partial charge >= 0.3 is 0 Å². The van der Waals surface area contributed by atoms with Crippen molar-refractivity contribution in [1.29, 1.82) is 0 Å². The summed E-state index contributed by atoms with van der Waals surface area (Å²) >= 11 is 0. The fourth-order valence-corrected chi connectivity index (χ4v) is 1.94. The molecule has 1 heteroatoms. The monoisotopic (exact) mass is 192 g/mol. The third kappa shape index (κ3) is 3.03. The molecule has 1 saturated heterocycles. The summed E-state index contributed by atoms with van der Waals surface area (Å²) in [5.41, 5.74) is 0. The summed E-state index contributed by atoms with van der Waals surface area (Å²) in [6.07, 6.45) is 8.11. The van der Waals surface area contributed by atoms with E-state index in [2.05, 4.69) is 18.8 Å². The Bertz CT molecular complexity index is 225. The van der Waals surface area contributed by atoms with Gasteiger partial charge in [-0.15, -0.1) is 5.92 Å². The number of hydrogen-bond donors (Lipinski definition) is 0. The lowest BCUT2D eigenvalue weighted by Gasteiger charge is -2.24. The van der Waals surface area contributed by atoms with Gasteiger partial charge in [-0.1, -0.05) is 5.92 Å². The van der Waals surface area contributed by atoms with Gasteiger partial charge in [0.25, 0.3) is 0 Å². The van der Waals surface area contributed by atoms with Gasteiger partial charge in [0.2, 0.25) is 0 Å². The Morgan fingerprint density at radius 1 is 1.29 bits per heavy atom. The Labute approximate surface area is 87.2 Å². The second kappa shape index (κ2) is 4.84. The fraction of sp³-hybridized carbons (Fsp3) is 0.846. The maximum atomic E-state index is 5.71. The van der Waals surface area contributed by atoms with Crippen LogP contribution < -0.4 is 0 Å². The van der Waals surface area contributed by atoms with E-state index in [1.165, 1.54) is 32.1 Å². The molecular weight excluding hydrogens is 172 g/mol. The first-order chi connectivity index (χ1) is 6.86. The number of rotatable bonds is 2. The Balaban J connectivity index is 1.73. The van der Waals surface area contributed by atoms with Gasteiger partial charge in [0.1, 0.15) is 0 Å². The van der Waals surface area contributed by atoms with Gasteiger partial charge in [0, 0.05) is 18.9 Å². The lowest BCUT2D eigenvalue weighted by Crippen LogP contribution is -2.25. The second-order valence-electron chi connectivity index (χ2n) is 4.66. The highest BCUT2D eigenvalue weighted by molar-refractivity contribution is 5.07. The van der Waals surface area contributed by atoms with Gasteiger partial charge in [-0.25, -0.2) is 0 Å². The maximum absolute atomic E-state index is 5.71. The van der Waals surface area contributed by atoms with E-state index in [1.807, 2.05) is 0 Å². The van der Waals surface area contributed by atoms with Gasteiger partial charge in [-0.3, -0.25) is 0 Å². The molecule has 2 unspecified atom stereocenters. The van der Waals surface area contributed by atoms with E-state index in [4.69, 9.17) is 4.74 Å². The van der Waals surface area contributed by atoms with Gasteiger partial charge < -0.3 is 4.74 Å². The van der Waals surface area contributed by atoms with E-state index in [0.717, 1.165) is 18.9 Å². The molecule has 2 rings (SSSR count). The lowest BCUT2D eigenvalue weighted by atomic mass is 9.97. The predicted octanol–water partition coefficient (Wildman–Crippen LogP) is 3.00. The van der Waals surface area contributed by atoms with E-state index in [1.54, 1.807) is 0 Å². The number of ether oxygens (including phenoxy) is 1. The first-order valence-corrected chi connectivity index (χ1v) is 5.96. The van der Waals surface area contributed by atoms with Crippen LogP contribution in [0, 0.1) is 23.7 Å². The second-order valence-corrected chi connectivity index (χ2v) is 4.66. The van der Waals surface area contributed by atoms with Crippen LogP contribution in [0.15, 0.2) is 0 Å². The molecule has 1 saturated carbocycles. The minimum Gasteiger partial charge on any atom is -0.377 e. The van der Waals surface area contributed by atoms with Crippen LogP contribution in [-0.2, 0) is 4.74 Å². The van der Waals surface area contributed by atoms with Crippen LogP contribution in [0.1, 0.15) is 45.4 Å². The molecule has 78 valence electrons. The standard InChI is InChI=1S/C13H20O/c1-11(5-4-6-12-8-9-12)13-7-2-3-10-14-13/h11-13H,2-3,6-10H2,1H3. The molecule has 14 heavy (non-hydrogen) atoms. The van der Waals surface area contributed by atoms with Crippen molar-refractivity contribution in [2.75, 3.05) is 6.61 Å². The first kappa shape index (κ1) is 10.1. The average molecular weight is 192 g/mol. The Kier molecular flexibility index (Phi) is 3.48. The highest BCUT2D eigenvalue weighted by Crippen LogP contribution is 2.31. The molecule has 2 atom stereocenters. The van der Waals surface area contributed by atoms with E-state index in [0.29, 0.717) is 12.0 Å². The summed E-state index contributed by atoms with van der Waals surface area (Å²) in [6, 6.07) is 0. The minimum atomic E-state index is 0.412. The summed E-state index contributed by atoms with van der Waals surface area (Å²) in [5.74, 6) is 8.03. The maximum Gasteiger partial charge on any atom is 0.0709 e. The van der Waals surface area contributed by atoms with Crippen molar-refractivity contribution >= 4 is 0 Å². The van der Waals surface area contributed by atoms with Crippen LogP contribution in [0.3, 0.4) is 0 Å². The molecule has 1 heterocycles. The van der Waals surface area contributed by atoms with Crippen LogP contribution >= 0.6 is 0 Å². The molecule has 0 aromatic rings. The molecule has 0 bridgehead atoms. The first-order valence-electron chi connectivity index (χ1n) is 5.96. The van der Waals surface area contributed by atoms with Crippen molar-refractivity contribution in [2.24, 2.45) is 11.8 Å². The van der Waals surface area contributed by atoms with Crippen molar-refractivity contribution in [3.63, 3.8) is 0 Å². The summed E-state index contributed by atoms with van der Waals surface area (Å²) < 4.78 is 5.71. The largest absolute Gasteiger partial charge is 0.377 e. The Morgan fingerprint density at radius 3 is 2.79 bits per heavy atom. The van der Waals surface area contributed by atoms with Crippen LogP contribution in [0.2, 0.25) is 0 Å². The fourth-order valence-electron chi connectivity index (χ4n) is 1.94. The van der Waals surface area contributed by atoms with Crippen molar-refractivity contribution in [2.45, 2.75) is 51.6 Å². The van der Waals surface area contributed by atoms with Crippen molar-refractivity contribution < 1.29 is 4.74 Å². The summed E-state index contributed by atoms with van der Waals surface area (Å²) in [5, 5.41) is 0. The van der Waals surface area contributed by atoms with Gasteiger partial charge in [0.05, 0.1) is 6.10 Å². The molecule has 0 radical (unpaired) electrons. The molecule has 2 aliphatic rings. The molecular formula is C13H20O. The average Bonchev–Trinajstić information content (AvgIpc) is 3.03. The van der Waals surface area contributed by atoms with Crippen LogP contribution in [0.5, 0.6) is 0 Å². The van der Waals surface area contributed by atoms with Crippen LogP contribution in [0.4, 0.5) is 0 Å². The normalized spacial score (nSPS) is 29.1. The van der Waals surface area contributed by atoms with Crippen molar-refractivity contribution in [3.8, 4) is 11.8 Å². The molecule has 0 aromatic carbocycles. The SMILES string of the molecule is CC(C#CCC1CC1)C1CCCCO1. The molecule has 0 spiro atoms. The zero-order chi connectivity index (χ0) is 9.80. The van der Waals surface area contributed by atoms with Crippen LogP contribution in [-0.4, -0.2) is 12.7 Å². The third-order valence-electron chi connectivity index (χ3n) is 3.19. The molecule has 0 aromatic heterocycles. The van der Waals surface area contributed by atoms with Crippen molar-refractivity contribution in [1.82, 2.24) is 0 Å². The topological polar surface area (TPSA) is 9.23 Å². The van der Waals surface area contributed by atoms with E-state index < -0.39 is 0 Å². The molecule has 0 N–H and O–H groups in total. The zero-order valence-electron chi connectivity index (χ0n) is 9.09. The zero-order valence-corrected chi connectivity index (χ0v) is 9.09. The molecule has 0 amide bonds. The quantitative estimate of drug-likeness (QED) is 0.611. The summed E-state index contributed by atoms with van der Waals surface area (Å²) in [6.45, 7) is 3.15. The Hall–Kier alpha value is -0.480. The predicted molar refractivity (Wildman–Crippen MR) is 57.9 cm³/mol. The van der Waals surface area contributed by atoms with E-state index in [9.17, 15) is 0 Å². The molecule has 2 fully saturated rings. The number of hydrogen-bond acceptors (Lipinski definition) is 1. The van der Waals surface area contributed by atoms with E-state index in [-0.39, 0.29) is 0 Å². The highest BCUT2D eigenvalue weighted by Gasteiger charge is 2.21. The molecule has 1 nitrogen and oxygen atoms in total. The third-order valence-corrected chi connectivity index (χ3v) is 3.19. The molecule has 1 aliphatic heterocycles. The van der Waals surface area contributed by atoms with Gasteiger partial charge in [0.15, 0.2) is 0 Å². The summed E-state index contributed by atoms with van der Waals surface area (Å²) in [7, 11) is 0. The minimum absolute atomic E-state index is 0.412. The smallest absolute Gasteiger partial charge is 0.0709 e. The summed E-state index contributed by atoms with van der Waals surface area (Å²) in [4.78, 5) is 0. The van der Waals surface area contributed by atoms with Crippen LogP contribution in [0.25, 0.3) is 0 Å². The lowest BCUT2D eigenvalue weighted by molar-refractivity contribution is -0.00270. The highest BCUT2D eigenvalue weighted by atomic mass is 16.5. The van der Waals surface area contributed by atoms with Gasteiger partial charge in [-0.05, 0) is 44.9 Å². The Morgan fingerprint density at radius 2 is 2.14 bits per heavy atom. The van der Waals surface area contributed by atoms with Gasteiger partial charge in [-0.2, -0.15) is 0 Å². The van der Waals surface area contributed by atoms with E-state index >= 15 is 0 Å². The van der Waals surface area contributed by atoms with Crippen molar-refractivity contribution in [3.05, 3.63) is 0 Å². The molecule has 1 aliphatic carbocycles.